The molecule has 7 nitrogen and oxygen atoms in total. The number of carbonyl (C=O) groups is 2. The molecule has 8 heteroatoms. The predicted molar refractivity (Wildman–Crippen MR) is 104 cm³/mol. The van der Waals surface area contributed by atoms with Gasteiger partial charge in [-0.2, -0.15) is 0 Å². The Kier molecular flexibility index (Phi) is 5.92. The third-order valence-corrected chi connectivity index (χ3v) is 6.40. The Morgan fingerprint density at radius 3 is 2.72 bits per heavy atom. The maximum Gasteiger partial charge on any atom is 0.311 e. The second-order valence-corrected chi connectivity index (χ2v) is 8.44. The second-order valence-electron chi connectivity index (χ2n) is 8.44. The summed E-state index contributed by atoms with van der Waals surface area (Å²) in [6.45, 7) is 6.29. The standard InChI is InChI=1S/C21H30FN3O4/c1-2-28-19(26)16-11-23(15-18-5-3-10-29-18)13-17-14-25(9-8-24(17)12-16)20(27)21(22)6-4-7-21/h3,5,10,16-17H,2,4,6-9,11-15H2,1H3. The minimum atomic E-state index is -1.66. The lowest BCUT2D eigenvalue weighted by molar-refractivity contribution is -0.154. The average Bonchev–Trinajstić information content (AvgIpc) is 3.11. The lowest BCUT2D eigenvalue weighted by Crippen LogP contribution is -2.61. The quantitative estimate of drug-likeness (QED) is 0.692. The fourth-order valence-corrected chi connectivity index (χ4v) is 4.66. The Bertz CT molecular complexity index is 722. The summed E-state index contributed by atoms with van der Waals surface area (Å²) in [4.78, 5) is 31.3. The highest BCUT2D eigenvalue weighted by atomic mass is 19.1. The van der Waals surface area contributed by atoms with E-state index in [9.17, 15) is 14.0 Å². The Morgan fingerprint density at radius 2 is 2.07 bits per heavy atom. The van der Waals surface area contributed by atoms with Crippen LogP contribution < -0.4 is 0 Å². The molecule has 0 bridgehead atoms. The summed E-state index contributed by atoms with van der Waals surface area (Å²) in [6, 6.07) is 3.83. The molecule has 1 saturated carbocycles. The molecule has 4 rings (SSSR count). The third-order valence-electron chi connectivity index (χ3n) is 6.40. The van der Waals surface area contributed by atoms with Gasteiger partial charge in [-0.05, 0) is 38.3 Å². The van der Waals surface area contributed by atoms with Crippen molar-refractivity contribution in [2.45, 2.75) is 44.4 Å². The van der Waals surface area contributed by atoms with Crippen LogP contribution in [-0.2, 0) is 20.9 Å². The molecule has 0 radical (unpaired) electrons. The van der Waals surface area contributed by atoms with Crippen LogP contribution in [0.2, 0.25) is 0 Å². The lowest BCUT2D eigenvalue weighted by Gasteiger charge is -2.45. The maximum absolute atomic E-state index is 14.7. The van der Waals surface area contributed by atoms with Crippen LogP contribution in [0, 0.1) is 5.92 Å². The van der Waals surface area contributed by atoms with Crippen LogP contribution in [0.5, 0.6) is 0 Å². The molecular weight excluding hydrogens is 377 g/mol. The molecule has 3 aliphatic rings. The van der Waals surface area contributed by atoms with Crippen LogP contribution in [0.3, 0.4) is 0 Å². The van der Waals surface area contributed by atoms with Gasteiger partial charge in [-0.25, -0.2) is 4.39 Å². The van der Waals surface area contributed by atoms with Gasteiger partial charge in [0.25, 0.3) is 5.91 Å². The number of ether oxygens (including phenoxy) is 1. The largest absolute Gasteiger partial charge is 0.468 e. The number of nitrogens with zero attached hydrogens (tertiary/aromatic N) is 3. The van der Waals surface area contributed by atoms with Gasteiger partial charge < -0.3 is 14.1 Å². The number of alkyl halides is 1. The highest BCUT2D eigenvalue weighted by Crippen LogP contribution is 2.38. The van der Waals surface area contributed by atoms with Crippen molar-refractivity contribution in [2.24, 2.45) is 5.92 Å². The number of esters is 1. The molecule has 2 atom stereocenters. The van der Waals surface area contributed by atoms with E-state index in [-0.39, 0.29) is 23.8 Å². The van der Waals surface area contributed by atoms with Gasteiger partial charge >= 0.3 is 5.97 Å². The van der Waals surface area contributed by atoms with E-state index in [0.29, 0.717) is 65.3 Å². The van der Waals surface area contributed by atoms with Crippen LogP contribution in [-0.4, -0.2) is 84.2 Å². The van der Waals surface area contributed by atoms with E-state index in [1.807, 2.05) is 19.1 Å². The van der Waals surface area contributed by atoms with Gasteiger partial charge in [0.1, 0.15) is 5.76 Å². The van der Waals surface area contributed by atoms with Crippen molar-refractivity contribution >= 4 is 11.9 Å². The van der Waals surface area contributed by atoms with Gasteiger partial charge in [0.2, 0.25) is 0 Å². The number of halogens is 1. The number of hydrogen-bond acceptors (Lipinski definition) is 6. The molecule has 0 spiro atoms. The van der Waals surface area contributed by atoms with Crippen molar-refractivity contribution in [1.82, 2.24) is 14.7 Å². The third kappa shape index (κ3) is 4.33. The van der Waals surface area contributed by atoms with Crippen molar-refractivity contribution < 1.29 is 23.1 Å². The summed E-state index contributed by atoms with van der Waals surface area (Å²) in [7, 11) is 0. The van der Waals surface area contributed by atoms with Gasteiger partial charge in [-0.15, -0.1) is 0 Å². The van der Waals surface area contributed by atoms with E-state index in [1.54, 1.807) is 11.2 Å². The van der Waals surface area contributed by atoms with Crippen molar-refractivity contribution in [2.75, 3.05) is 45.9 Å². The molecule has 2 saturated heterocycles. The zero-order valence-electron chi connectivity index (χ0n) is 17.0. The Morgan fingerprint density at radius 1 is 1.24 bits per heavy atom. The van der Waals surface area contributed by atoms with Gasteiger partial charge in [-0.3, -0.25) is 19.4 Å². The van der Waals surface area contributed by atoms with E-state index in [1.165, 1.54) is 0 Å². The number of hydrogen-bond donors (Lipinski definition) is 0. The van der Waals surface area contributed by atoms with Crippen LogP contribution in [0.4, 0.5) is 4.39 Å². The molecule has 1 aliphatic carbocycles. The van der Waals surface area contributed by atoms with E-state index in [0.717, 1.165) is 12.2 Å². The number of fused-ring (bicyclic) bond motifs is 1. The molecule has 160 valence electrons. The predicted octanol–water partition coefficient (Wildman–Crippen LogP) is 1.68. The molecule has 0 N–H and O–H groups in total. The van der Waals surface area contributed by atoms with Gasteiger partial charge in [0.05, 0.1) is 25.3 Å². The van der Waals surface area contributed by atoms with Crippen molar-refractivity contribution in [3.63, 3.8) is 0 Å². The zero-order chi connectivity index (χ0) is 20.4. The SMILES string of the molecule is CCOC(=O)C1CN(Cc2ccco2)CC2CN(C(=O)C3(F)CCC3)CCN2C1. The van der Waals surface area contributed by atoms with Gasteiger partial charge in [0, 0.05) is 45.3 Å². The Hall–Kier alpha value is -1.93. The van der Waals surface area contributed by atoms with Crippen LogP contribution >= 0.6 is 0 Å². The normalized spacial score (nSPS) is 27.6. The summed E-state index contributed by atoms with van der Waals surface area (Å²) in [5.74, 6) is 0.0405. The number of furan rings is 1. The van der Waals surface area contributed by atoms with Crippen LogP contribution in [0.15, 0.2) is 22.8 Å². The molecule has 3 fully saturated rings. The van der Waals surface area contributed by atoms with Crippen molar-refractivity contribution in [3.05, 3.63) is 24.2 Å². The molecule has 1 aromatic heterocycles. The van der Waals surface area contributed by atoms with Crippen molar-refractivity contribution in [3.8, 4) is 0 Å². The van der Waals surface area contributed by atoms with E-state index in [4.69, 9.17) is 9.15 Å². The minimum absolute atomic E-state index is 0.0609. The molecule has 3 heterocycles. The Balaban J connectivity index is 1.48. The molecule has 2 aliphatic heterocycles. The summed E-state index contributed by atoms with van der Waals surface area (Å²) in [5.41, 5.74) is -1.66. The fraction of sp³-hybridized carbons (Fsp3) is 0.714. The summed E-state index contributed by atoms with van der Waals surface area (Å²) >= 11 is 0. The number of amides is 1. The highest BCUT2D eigenvalue weighted by molar-refractivity contribution is 5.86. The van der Waals surface area contributed by atoms with Crippen molar-refractivity contribution in [1.29, 1.82) is 0 Å². The first kappa shape index (κ1) is 20.3. The summed E-state index contributed by atoms with van der Waals surface area (Å²) in [5, 5.41) is 0. The monoisotopic (exact) mass is 407 g/mol. The molecule has 0 aromatic carbocycles. The molecule has 1 amide bonds. The summed E-state index contributed by atoms with van der Waals surface area (Å²) < 4.78 is 25.5. The van der Waals surface area contributed by atoms with Gasteiger partial charge in [-0.1, -0.05) is 0 Å². The first-order chi connectivity index (χ1) is 14.0. The first-order valence-electron chi connectivity index (χ1n) is 10.6. The van der Waals surface area contributed by atoms with E-state index < -0.39 is 5.67 Å². The summed E-state index contributed by atoms with van der Waals surface area (Å²) in [6.07, 6.45) is 3.10. The van der Waals surface area contributed by atoms with Crippen LogP contribution in [0.1, 0.15) is 31.9 Å². The minimum Gasteiger partial charge on any atom is -0.468 e. The second kappa shape index (κ2) is 8.44. The molecule has 1 aromatic rings. The van der Waals surface area contributed by atoms with Gasteiger partial charge in [0.15, 0.2) is 5.67 Å². The molecule has 2 unspecified atom stereocenters. The lowest BCUT2D eigenvalue weighted by atomic mass is 9.80. The van der Waals surface area contributed by atoms with E-state index >= 15 is 0 Å². The number of rotatable bonds is 5. The topological polar surface area (TPSA) is 66.2 Å². The van der Waals surface area contributed by atoms with E-state index in [2.05, 4.69) is 9.80 Å². The average molecular weight is 407 g/mol. The zero-order valence-corrected chi connectivity index (χ0v) is 17.0. The smallest absolute Gasteiger partial charge is 0.311 e. The van der Waals surface area contributed by atoms with Crippen LogP contribution in [0.25, 0.3) is 0 Å². The number of piperazine rings is 1. The first-order valence-corrected chi connectivity index (χ1v) is 10.6. The maximum atomic E-state index is 14.7. The number of carbonyl (C=O) groups excluding carboxylic acids is 2. The molecule has 29 heavy (non-hydrogen) atoms. The highest BCUT2D eigenvalue weighted by Gasteiger charge is 2.48. The molecular formula is C21H30FN3O4. The fourth-order valence-electron chi connectivity index (χ4n) is 4.66. The Labute approximate surface area is 170 Å².